The van der Waals surface area contributed by atoms with Gasteiger partial charge in [0, 0.05) is 11.6 Å². The van der Waals surface area contributed by atoms with Crippen LogP contribution in [0.2, 0.25) is 5.02 Å². The smallest absolute Gasteiger partial charge is 0.241 e. The van der Waals surface area contributed by atoms with Crippen LogP contribution < -0.4 is 5.32 Å². The third-order valence-electron chi connectivity index (χ3n) is 3.30. The average Bonchev–Trinajstić information content (AvgIpc) is 2.46. The van der Waals surface area contributed by atoms with Gasteiger partial charge in [0.15, 0.2) is 9.84 Å². The van der Waals surface area contributed by atoms with E-state index >= 15 is 0 Å². The minimum Gasteiger partial charge on any atom is -0.499 e. The van der Waals surface area contributed by atoms with Crippen molar-refractivity contribution in [2.24, 2.45) is 0 Å². The van der Waals surface area contributed by atoms with E-state index in [1.165, 1.54) is 38.1 Å². The maximum Gasteiger partial charge on any atom is 0.241 e. The third-order valence-corrected chi connectivity index (χ3v) is 5.97. The summed E-state index contributed by atoms with van der Waals surface area (Å²) in [7, 11) is -3.83. The van der Waals surface area contributed by atoms with Crippen molar-refractivity contribution in [1.82, 2.24) is 5.32 Å². The second-order valence-corrected chi connectivity index (χ2v) is 8.56. The van der Waals surface area contributed by atoms with Crippen LogP contribution in [-0.4, -0.2) is 32.2 Å². The third kappa shape index (κ3) is 4.97. The summed E-state index contributed by atoms with van der Waals surface area (Å²) in [4.78, 5) is 12.3. The van der Waals surface area contributed by atoms with Gasteiger partial charge in [-0.15, -0.1) is 0 Å². The van der Waals surface area contributed by atoms with E-state index in [1.807, 2.05) is 0 Å². The van der Waals surface area contributed by atoms with E-state index < -0.39 is 20.5 Å². The first-order valence-corrected chi connectivity index (χ1v) is 9.02. The zero-order valence-corrected chi connectivity index (χ0v) is 15.1. The summed E-state index contributed by atoms with van der Waals surface area (Å²) in [6, 6.07) is 5.76. The lowest BCUT2D eigenvalue weighted by atomic mass is 10.2. The Morgan fingerprint density at radius 3 is 2.39 bits per heavy atom. The summed E-state index contributed by atoms with van der Waals surface area (Å²) >= 11 is 5.77. The molecule has 1 aromatic carbocycles. The molecular weight excluding hydrogens is 338 g/mol. The summed E-state index contributed by atoms with van der Waals surface area (Å²) in [6.45, 7) is 8.85. The van der Waals surface area contributed by atoms with E-state index in [-0.39, 0.29) is 4.90 Å². The van der Waals surface area contributed by atoms with E-state index in [2.05, 4.69) is 11.9 Å². The van der Waals surface area contributed by atoms with Crippen LogP contribution >= 0.6 is 11.6 Å². The fourth-order valence-electron chi connectivity index (χ4n) is 1.76. The normalized spacial score (nSPS) is 11.8. The number of hydrogen-bond donors (Lipinski definition) is 1. The average molecular weight is 360 g/mol. The van der Waals surface area contributed by atoms with Gasteiger partial charge in [-0.05, 0) is 51.5 Å². The van der Waals surface area contributed by atoms with E-state index in [0.717, 1.165) is 0 Å². The van der Waals surface area contributed by atoms with Crippen molar-refractivity contribution < 1.29 is 17.9 Å². The van der Waals surface area contributed by atoms with Crippen LogP contribution in [0.5, 0.6) is 0 Å². The van der Waals surface area contributed by atoms with Crippen LogP contribution in [0.4, 0.5) is 0 Å². The molecule has 0 saturated heterocycles. The molecule has 5 nitrogen and oxygen atoms in total. The Bertz CT molecular complexity index is 666. The highest BCUT2D eigenvalue weighted by molar-refractivity contribution is 7.93. The molecule has 0 aliphatic rings. The predicted octanol–water partition coefficient (Wildman–Crippen LogP) is 2.95. The molecule has 0 fully saturated rings. The largest absolute Gasteiger partial charge is 0.499 e. The minimum atomic E-state index is -3.83. The molecule has 0 radical (unpaired) electrons. The molecular formula is C16H22ClNO4S. The Morgan fingerprint density at radius 1 is 1.30 bits per heavy atom. The first-order valence-electron chi connectivity index (χ1n) is 7.16. The SMILES string of the molecule is C=C(C)OCCCNC(=O)C(C)(C)S(=O)(=O)c1ccc(Cl)cc1. The quantitative estimate of drug-likeness (QED) is 0.572. The van der Waals surface area contributed by atoms with Gasteiger partial charge in [-0.2, -0.15) is 0 Å². The van der Waals surface area contributed by atoms with Crippen LogP contribution in [0.25, 0.3) is 0 Å². The number of benzene rings is 1. The lowest BCUT2D eigenvalue weighted by Gasteiger charge is -2.24. The molecule has 0 unspecified atom stereocenters. The van der Waals surface area contributed by atoms with Crippen molar-refractivity contribution in [2.45, 2.75) is 36.8 Å². The molecule has 0 bridgehead atoms. The topological polar surface area (TPSA) is 72.5 Å². The van der Waals surface area contributed by atoms with Crippen molar-refractivity contribution in [2.75, 3.05) is 13.2 Å². The summed E-state index contributed by atoms with van der Waals surface area (Å²) in [5.74, 6) is 0.0461. The van der Waals surface area contributed by atoms with Gasteiger partial charge >= 0.3 is 0 Å². The van der Waals surface area contributed by atoms with Gasteiger partial charge in [0.2, 0.25) is 5.91 Å². The number of carbonyl (C=O) groups is 1. The first kappa shape index (κ1) is 19.5. The lowest BCUT2D eigenvalue weighted by Crippen LogP contribution is -2.48. The number of hydrogen-bond acceptors (Lipinski definition) is 4. The Balaban J connectivity index is 2.74. The Labute approximate surface area is 142 Å². The molecule has 0 atom stereocenters. The molecule has 23 heavy (non-hydrogen) atoms. The number of halogens is 1. The molecule has 1 aromatic rings. The van der Waals surface area contributed by atoms with Crippen molar-refractivity contribution >= 4 is 27.3 Å². The highest BCUT2D eigenvalue weighted by Gasteiger charge is 2.42. The van der Waals surface area contributed by atoms with Crippen LogP contribution in [-0.2, 0) is 19.4 Å². The molecule has 0 aromatic heterocycles. The molecule has 1 N–H and O–H groups in total. The molecule has 1 amide bonds. The number of nitrogens with one attached hydrogen (secondary N) is 1. The number of carbonyl (C=O) groups excluding carboxylic acids is 1. The van der Waals surface area contributed by atoms with E-state index in [1.54, 1.807) is 6.92 Å². The maximum absolute atomic E-state index is 12.6. The summed E-state index contributed by atoms with van der Waals surface area (Å²) in [5, 5.41) is 3.06. The molecule has 1 rings (SSSR count). The van der Waals surface area contributed by atoms with Crippen LogP contribution in [0, 0.1) is 0 Å². The van der Waals surface area contributed by atoms with Crippen molar-refractivity contribution in [3.05, 3.63) is 41.6 Å². The minimum absolute atomic E-state index is 0.0627. The van der Waals surface area contributed by atoms with Crippen LogP contribution in [0.15, 0.2) is 41.5 Å². The zero-order chi connectivity index (χ0) is 17.7. The molecule has 128 valence electrons. The predicted molar refractivity (Wildman–Crippen MR) is 91.1 cm³/mol. The summed E-state index contributed by atoms with van der Waals surface area (Å²) in [5.41, 5.74) is 0. The maximum atomic E-state index is 12.6. The first-order chi connectivity index (χ1) is 10.6. The number of rotatable bonds is 8. The highest BCUT2D eigenvalue weighted by atomic mass is 35.5. The van der Waals surface area contributed by atoms with Crippen molar-refractivity contribution in [3.63, 3.8) is 0 Å². The van der Waals surface area contributed by atoms with Crippen molar-refractivity contribution in [1.29, 1.82) is 0 Å². The molecule has 7 heteroatoms. The van der Waals surface area contributed by atoms with Crippen molar-refractivity contribution in [3.8, 4) is 0 Å². The van der Waals surface area contributed by atoms with Gasteiger partial charge in [-0.25, -0.2) is 8.42 Å². The highest BCUT2D eigenvalue weighted by Crippen LogP contribution is 2.26. The van der Waals surface area contributed by atoms with E-state index in [4.69, 9.17) is 16.3 Å². The van der Waals surface area contributed by atoms with E-state index in [0.29, 0.717) is 30.4 Å². The molecule has 0 heterocycles. The zero-order valence-electron chi connectivity index (χ0n) is 13.6. The van der Waals surface area contributed by atoms with Crippen LogP contribution in [0.1, 0.15) is 27.2 Å². The van der Waals surface area contributed by atoms with Gasteiger partial charge in [0.25, 0.3) is 0 Å². The summed E-state index contributed by atoms with van der Waals surface area (Å²) in [6.07, 6.45) is 0.565. The molecule has 0 spiro atoms. The Hall–Kier alpha value is -1.53. The molecule has 0 saturated carbocycles. The Morgan fingerprint density at radius 2 is 1.87 bits per heavy atom. The second-order valence-electron chi connectivity index (χ2n) is 5.63. The van der Waals surface area contributed by atoms with Gasteiger partial charge in [-0.3, -0.25) is 4.79 Å². The number of ether oxygens (including phenoxy) is 1. The van der Waals surface area contributed by atoms with Gasteiger partial charge in [0.05, 0.1) is 17.3 Å². The van der Waals surface area contributed by atoms with Gasteiger partial charge in [-0.1, -0.05) is 18.2 Å². The number of sulfone groups is 1. The molecule has 0 aliphatic carbocycles. The fourth-order valence-corrected chi connectivity index (χ4v) is 3.29. The standard InChI is InChI=1S/C16H22ClNO4S/c1-12(2)22-11-5-10-18-15(19)16(3,4)23(20,21)14-8-6-13(17)7-9-14/h6-9H,1,5,10-11H2,2-4H3,(H,18,19). The monoisotopic (exact) mass is 359 g/mol. The lowest BCUT2D eigenvalue weighted by molar-refractivity contribution is -0.122. The second kappa shape index (κ2) is 7.84. The number of amides is 1. The van der Waals surface area contributed by atoms with E-state index in [9.17, 15) is 13.2 Å². The summed E-state index contributed by atoms with van der Waals surface area (Å²) < 4.78 is 28.9. The Kier molecular flexibility index (Phi) is 6.65. The van der Waals surface area contributed by atoms with Crippen LogP contribution in [0.3, 0.4) is 0 Å². The fraction of sp³-hybridized carbons (Fsp3) is 0.438. The molecule has 0 aliphatic heterocycles. The van der Waals surface area contributed by atoms with Gasteiger partial charge < -0.3 is 10.1 Å². The van der Waals surface area contributed by atoms with Gasteiger partial charge in [0.1, 0.15) is 4.75 Å². The number of allylic oxidation sites excluding steroid dienone is 1.